The first kappa shape index (κ1) is 14.0. The predicted octanol–water partition coefficient (Wildman–Crippen LogP) is 2.14. The largest absolute Gasteiger partial charge is 0.332 e. The van der Waals surface area contributed by atoms with Gasteiger partial charge in [0.05, 0.1) is 18.8 Å². The summed E-state index contributed by atoms with van der Waals surface area (Å²) in [5.41, 5.74) is 2.45. The van der Waals surface area contributed by atoms with Gasteiger partial charge in [0.25, 0.3) is 5.91 Å². The minimum absolute atomic E-state index is 0.0140. The lowest BCUT2D eigenvalue weighted by atomic mass is 10.2. The van der Waals surface area contributed by atoms with Gasteiger partial charge >= 0.3 is 0 Å². The minimum atomic E-state index is 0.0140. The molecule has 1 amide bonds. The average molecular weight is 309 g/mol. The smallest absolute Gasteiger partial charge is 0.274 e. The van der Waals surface area contributed by atoms with Crippen molar-refractivity contribution in [2.45, 2.75) is 32.4 Å². The van der Waals surface area contributed by atoms with Gasteiger partial charge in [-0.2, -0.15) is 5.10 Å². The Hall–Kier alpha value is -2.63. The number of rotatable bonds is 3. The zero-order valence-corrected chi connectivity index (χ0v) is 13.1. The molecule has 6 heteroatoms. The van der Waals surface area contributed by atoms with Crippen molar-refractivity contribution in [3.05, 3.63) is 54.2 Å². The van der Waals surface area contributed by atoms with E-state index >= 15 is 0 Å². The van der Waals surface area contributed by atoms with E-state index in [0.717, 1.165) is 37.1 Å². The highest BCUT2D eigenvalue weighted by molar-refractivity contribution is 5.93. The molecule has 4 heterocycles. The quantitative estimate of drug-likeness (QED) is 0.745. The molecule has 1 atom stereocenters. The van der Waals surface area contributed by atoms with E-state index in [1.54, 1.807) is 0 Å². The van der Waals surface area contributed by atoms with Gasteiger partial charge in [0.2, 0.25) is 0 Å². The molecule has 0 spiro atoms. The number of amides is 1. The number of hydrogen-bond donors (Lipinski definition) is 0. The number of fused-ring (bicyclic) bond motifs is 1. The fraction of sp³-hybridized carbons (Fsp3) is 0.353. The fourth-order valence-electron chi connectivity index (χ4n) is 3.26. The minimum Gasteiger partial charge on any atom is -0.332 e. The van der Waals surface area contributed by atoms with Gasteiger partial charge in [-0.15, -0.1) is 0 Å². The number of likely N-dealkylation sites (tertiary alicyclic amines) is 1. The van der Waals surface area contributed by atoms with Crippen LogP contribution in [0.3, 0.4) is 0 Å². The number of carbonyl (C=O) groups is 1. The molecule has 0 aliphatic carbocycles. The van der Waals surface area contributed by atoms with Crippen molar-refractivity contribution in [1.29, 1.82) is 0 Å². The van der Waals surface area contributed by atoms with Crippen LogP contribution in [-0.4, -0.2) is 42.6 Å². The second-order valence-corrected chi connectivity index (χ2v) is 6.13. The number of aryl methyl sites for hydroxylation is 1. The molecule has 3 aromatic heterocycles. The summed E-state index contributed by atoms with van der Waals surface area (Å²) in [5.74, 6) is 0.0140. The predicted molar refractivity (Wildman–Crippen MR) is 86.2 cm³/mol. The van der Waals surface area contributed by atoms with Gasteiger partial charge in [0.1, 0.15) is 11.3 Å². The van der Waals surface area contributed by atoms with E-state index in [1.807, 2.05) is 63.9 Å². The number of hydrogen-bond acceptors (Lipinski definition) is 3. The van der Waals surface area contributed by atoms with Crippen LogP contribution in [-0.2, 0) is 6.54 Å². The van der Waals surface area contributed by atoms with E-state index in [9.17, 15) is 4.79 Å². The summed E-state index contributed by atoms with van der Waals surface area (Å²) in [7, 11) is 0. The molecule has 0 aromatic carbocycles. The first-order valence-electron chi connectivity index (χ1n) is 7.94. The highest BCUT2D eigenvalue weighted by Crippen LogP contribution is 2.21. The van der Waals surface area contributed by atoms with Crippen LogP contribution in [0.5, 0.6) is 0 Å². The van der Waals surface area contributed by atoms with Crippen LogP contribution >= 0.6 is 0 Å². The van der Waals surface area contributed by atoms with E-state index in [0.29, 0.717) is 5.69 Å². The van der Waals surface area contributed by atoms with Gasteiger partial charge in [-0.25, -0.2) is 4.98 Å². The molecule has 0 saturated carbocycles. The second-order valence-electron chi connectivity index (χ2n) is 6.13. The van der Waals surface area contributed by atoms with Crippen molar-refractivity contribution in [2.24, 2.45) is 0 Å². The zero-order chi connectivity index (χ0) is 15.8. The summed E-state index contributed by atoms with van der Waals surface area (Å²) in [6.07, 6.45) is 9.63. The van der Waals surface area contributed by atoms with Gasteiger partial charge < -0.3 is 9.30 Å². The molecule has 1 fully saturated rings. The van der Waals surface area contributed by atoms with Crippen LogP contribution in [0.1, 0.15) is 28.9 Å². The number of aromatic nitrogens is 4. The van der Waals surface area contributed by atoms with Crippen molar-refractivity contribution in [3.63, 3.8) is 0 Å². The van der Waals surface area contributed by atoms with Crippen LogP contribution in [0.15, 0.2) is 43.0 Å². The number of pyridine rings is 1. The van der Waals surface area contributed by atoms with Gasteiger partial charge in [0.15, 0.2) is 0 Å². The fourth-order valence-corrected chi connectivity index (χ4v) is 3.26. The molecule has 3 aromatic rings. The maximum atomic E-state index is 12.8. The third kappa shape index (κ3) is 2.60. The average Bonchev–Trinajstić information content (AvgIpc) is 3.26. The Balaban J connectivity index is 1.56. The Bertz CT molecular complexity index is 816. The molecule has 118 valence electrons. The molecule has 6 nitrogen and oxygen atoms in total. The molecule has 1 saturated heterocycles. The molecular formula is C17H19N5O. The van der Waals surface area contributed by atoms with Gasteiger partial charge in [-0.3, -0.25) is 9.48 Å². The van der Waals surface area contributed by atoms with E-state index in [-0.39, 0.29) is 11.9 Å². The first-order valence-corrected chi connectivity index (χ1v) is 7.94. The SMILES string of the molecule is Cc1cnn(C[C@H]2CCCN2C(=O)c2cn3ccccc3n2)c1. The van der Waals surface area contributed by atoms with Gasteiger partial charge in [-0.05, 0) is 37.5 Å². The third-order valence-electron chi connectivity index (χ3n) is 4.38. The van der Waals surface area contributed by atoms with Crippen molar-refractivity contribution < 1.29 is 4.79 Å². The standard InChI is InChI=1S/C17H19N5O/c1-13-9-18-21(10-13)11-14-5-4-8-22(14)17(23)15-12-20-7-3-2-6-16(20)19-15/h2-3,6-7,9-10,12,14H,4-5,8,11H2,1H3/t14-/m1/s1. The Morgan fingerprint density at radius 3 is 3.04 bits per heavy atom. The molecule has 4 rings (SSSR count). The van der Waals surface area contributed by atoms with E-state index in [1.165, 1.54) is 0 Å². The summed E-state index contributed by atoms with van der Waals surface area (Å²) in [6.45, 7) is 3.56. The summed E-state index contributed by atoms with van der Waals surface area (Å²) < 4.78 is 3.81. The third-order valence-corrected chi connectivity index (χ3v) is 4.38. The highest BCUT2D eigenvalue weighted by Gasteiger charge is 2.31. The summed E-state index contributed by atoms with van der Waals surface area (Å²) in [6, 6.07) is 5.95. The number of imidazole rings is 1. The van der Waals surface area contributed by atoms with Crippen molar-refractivity contribution in [1.82, 2.24) is 24.1 Å². The van der Waals surface area contributed by atoms with Crippen LogP contribution in [0.2, 0.25) is 0 Å². The van der Waals surface area contributed by atoms with E-state index in [2.05, 4.69) is 10.1 Å². The Morgan fingerprint density at radius 1 is 1.35 bits per heavy atom. The highest BCUT2D eigenvalue weighted by atomic mass is 16.2. The normalized spacial score (nSPS) is 18.0. The number of carbonyl (C=O) groups excluding carboxylic acids is 1. The van der Waals surface area contributed by atoms with Crippen LogP contribution in [0, 0.1) is 6.92 Å². The Labute approximate surface area is 134 Å². The van der Waals surface area contributed by atoms with Crippen molar-refractivity contribution >= 4 is 11.6 Å². The summed E-state index contributed by atoms with van der Waals surface area (Å²) in [4.78, 5) is 19.2. The molecule has 23 heavy (non-hydrogen) atoms. The van der Waals surface area contributed by atoms with E-state index < -0.39 is 0 Å². The molecule has 1 aliphatic rings. The lowest BCUT2D eigenvalue weighted by molar-refractivity contribution is 0.0716. The van der Waals surface area contributed by atoms with Crippen molar-refractivity contribution in [2.75, 3.05) is 6.54 Å². The molecule has 0 bridgehead atoms. The van der Waals surface area contributed by atoms with Gasteiger partial charge in [-0.1, -0.05) is 6.07 Å². The topological polar surface area (TPSA) is 55.4 Å². The molecular weight excluding hydrogens is 290 g/mol. The Morgan fingerprint density at radius 2 is 2.26 bits per heavy atom. The molecule has 1 aliphatic heterocycles. The van der Waals surface area contributed by atoms with Crippen LogP contribution in [0.4, 0.5) is 0 Å². The maximum Gasteiger partial charge on any atom is 0.274 e. The van der Waals surface area contributed by atoms with Crippen LogP contribution < -0.4 is 0 Å². The Kier molecular flexibility index (Phi) is 3.37. The monoisotopic (exact) mass is 309 g/mol. The summed E-state index contributed by atoms with van der Waals surface area (Å²) in [5, 5.41) is 4.34. The lowest BCUT2D eigenvalue weighted by Gasteiger charge is -2.23. The first-order chi connectivity index (χ1) is 11.2. The van der Waals surface area contributed by atoms with E-state index in [4.69, 9.17) is 0 Å². The van der Waals surface area contributed by atoms with Crippen molar-refractivity contribution in [3.8, 4) is 0 Å². The zero-order valence-electron chi connectivity index (χ0n) is 13.1. The number of nitrogens with zero attached hydrogens (tertiary/aromatic N) is 5. The molecule has 0 unspecified atom stereocenters. The van der Waals surface area contributed by atoms with Gasteiger partial charge in [0, 0.05) is 25.1 Å². The molecule has 0 radical (unpaired) electrons. The second kappa shape index (κ2) is 5.53. The molecule has 0 N–H and O–H groups in total. The lowest BCUT2D eigenvalue weighted by Crippen LogP contribution is -2.38. The van der Waals surface area contributed by atoms with Crippen LogP contribution in [0.25, 0.3) is 5.65 Å². The maximum absolute atomic E-state index is 12.8. The summed E-state index contributed by atoms with van der Waals surface area (Å²) >= 11 is 0.